The zero-order valence-electron chi connectivity index (χ0n) is 15.6. The van der Waals surface area contributed by atoms with Crippen LogP contribution in [0.15, 0.2) is 54.6 Å². The summed E-state index contributed by atoms with van der Waals surface area (Å²) in [5.41, 5.74) is 2.06. The van der Waals surface area contributed by atoms with Crippen molar-refractivity contribution in [2.24, 2.45) is 5.92 Å². The number of nitrogens with zero attached hydrogens (tertiary/aromatic N) is 3. The number of amides is 2. The van der Waals surface area contributed by atoms with E-state index in [9.17, 15) is 9.59 Å². The molecular formula is C22H23N3O2. The normalized spacial score (nSPS) is 30.8. The van der Waals surface area contributed by atoms with Crippen LogP contribution in [0.1, 0.15) is 30.5 Å². The predicted molar refractivity (Wildman–Crippen MR) is 103 cm³/mol. The van der Waals surface area contributed by atoms with Crippen LogP contribution < -0.4 is 4.90 Å². The van der Waals surface area contributed by atoms with Gasteiger partial charge in [-0.2, -0.15) is 0 Å². The van der Waals surface area contributed by atoms with Gasteiger partial charge in [0.1, 0.15) is 5.54 Å². The molecule has 138 valence electrons. The van der Waals surface area contributed by atoms with Crippen molar-refractivity contribution in [2.75, 3.05) is 18.0 Å². The van der Waals surface area contributed by atoms with E-state index in [4.69, 9.17) is 0 Å². The van der Waals surface area contributed by atoms with Crippen LogP contribution in [0.3, 0.4) is 0 Å². The fourth-order valence-corrected chi connectivity index (χ4v) is 5.10. The van der Waals surface area contributed by atoms with Gasteiger partial charge in [0, 0.05) is 13.1 Å². The maximum absolute atomic E-state index is 13.6. The highest BCUT2D eigenvalue weighted by Gasteiger charge is 2.70. The number of imide groups is 1. The van der Waals surface area contributed by atoms with Gasteiger partial charge in [-0.05, 0) is 38.0 Å². The van der Waals surface area contributed by atoms with Crippen LogP contribution in [0.25, 0.3) is 0 Å². The molecule has 2 aromatic rings. The van der Waals surface area contributed by atoms with Crippen LogP contribution in [0.2, 0.25) is 0 Å². The summed E-state index contributed by atoms with van der Waals surface area (Å²) in [6.45, 7) is 5.65. The molecule has 0 spiro atoms. The minimum Gasteiger partial charge on any atom is -0.274 e. The second-order valence-corrected chi connectivity index (χ2v) is 7.93. The van der Waals surface area contributed by atoms with Crippen molar-refractivity contribution in [3.8, 4) is 0 Å². The number of hydrogen-bond acceptors (Lipinski definition) is 4. The van der Waals surface area contributed by atoms with E-state index < -0.39 is 11.5 Å². The van der Waals surface area contributed by atoms with E-state index in [-0.39, 0.29) is 17.9 Å². The van der Waals surface area contributed by atoms with Gasteiger partial charge in [-0.25, -0.2) is 14.9 Å². The number of anilines is 1. The lowest BCUT2D eigenvalue weighted by molar-refractivity contribution is -0.131. The molecule has 27 heavy (non-hydrogen) atoms. The molecule has 3 aliphatic rings. The molecule has 0 N–H and O–H groups in total. The van der Waals surface area contributed by atoms with Crippen LogP contribution in [0.4, 0.5) is 5.69 Å². The fourth-order valence-electron chi connectivity index (χ4n) is 5.10. The lowest BCUT2D eigenvalue weighted by Gasteiger charge is -2.33. The molecule has 0 saturated carbocycles. The van der Waals surface area contributed by atoms with Gasteiger partial charge in [-0.15, -0.1) is 0 Å². The Morgan fingerprint density at radius 2 is 1.67 bits per heavy atom. The highest BCUT2D eigenvalue weighted by atomic mass is 16.2. The van der Waals surface area contributed by atoms with E-state index in [1.165, 1.54) is 4.90 Å². The molecule has 3 aliphatic heterocycles. The van der Waals surface area contributed by atoms with E-state index in [1.807, 2.05) is 56.3 Å². The topological polar surface area (TPSA) is 43.9 Å². The Kier molecular flexibility index (Phi) is 3.55. The number of carbonyl (C=O) groups is 2. The smallest absolute Gasteiger partial charge is 0.256 e. The van der Waals surface area contributed by atoms with Crippen molar-refractivity contribution in [3.63, 3.8) is 0 Å². The van der Waals surface area contributed by atoms with Gasteiger partial charge in [-0.1, -0.05) is 48.0 Å². The minimum absolute atomic E-state index is 0.0883. The minimum atomic E-state index is -0.820. The number of fused-ring (bicyclic) bond motifs is 3. The maximum Gasteiger partial charge on any atom is 0.256 e. The molecule has 0 aromatic heterocycles. The molecule has 2 aromatic carbocycles. The third-order valence-corrected chi connectivity index (χ3v) is 6.40. The molecule has 2 amide bonds. The molecule has 3 fully saturated rings. The summed E-state index contributed by atoms with van der Waals surface area (Å²) in [4.78, 5) is 28.5. The number of hydrazine groups is 1. The monoisotopic (exact) mass is 361 g/mol. The molecule has 5 rings (SSSR count). The van der Waals surface area contributed by atoms with Gasteiger partial charge in [0.05, 0.1) is 17.6 Å². The molecule has 0 aliphatic carbocycles. The summed E-state index contributed by atoms with van der Waals surface area (Å²) in [7, 11) is 0. The summed E-state index contributed by atoms with van der Waals surface area (Å²) in [5.74, 6) is -0.588. The van der Waals surface area contributed by atoms with Crippen LogP contribution >= 0.6 is 0 Å². The van der Waals surface area contributed by atoms with Crippen molar-refractivity contribution >= 4 is 17.5 Å². The van der Waals surface area contributed by atoms with Gasteiger partial charge in [0.15, 0.2) is 0 Å². The largest absolute Gasteiger partial charge is 0.274 e. The van der Waals surface area contributed by atoms with Gasteiger partial charge in [0.2, 0.25) is 5.91 Å². The first-order valence-electron chi connectivity index (χ1n) is 9.57. The first-order valence-corrected chi connectivity index (χ1v) is 9.57. The summed E-state index contributed by atoms with van der Waals surface area (Å²) < 4.78 is 0. The van der Waals surface area contributed by atoms with Gasteiger partial charge >= 0.3 is 0 Å². The second kappa shape index (κ2) is 5.75. The Balaban J connectivity index is 1.63. The fraction of sp³-hybridized carbons (Fsp3) is 0.364. The maximum atomic E-state index is 13.6. The Hall–Kier alpha value is -2.50. The molecule has 3 saturated heterocycles. The summed E-state index contributed by atoms with van der Waals surface area (Å²) in [6, 6.07) is 17.7. The summed E-state index contributed by atoms with van der Waals surface area (Å²) >= 11 is 0. The zero-order valence-corrected chi connectivity index (χ0v) is 15.6. The molecule has 0 bridgehead atoms. The first kappa shape index (κ1) is 16.7. The Morgan fingerprint density at radius 1 is 0.963 bits per heavy atom. The van der Waals surface area contributed by atoms with E-state index in [0.29, 0.717) is 5.69 Å². The SMILES string of the molecule is Cc1ccc(N2C(=O)[C@@H]3[C@@H](c4ccccc4)N4CCCN4[C@@]3(C)C2=O)cc1. The van der Waals surface area contributed by atoms with Gasteiger partial charge < -0.3 is 0 Å². The lowest BCUT2D eigenvalue weighted by atomic mass is 9.81. The predicted octanol–water partition coefficient (Wildman–Crippen LogP) is 2.92. The van der Waals surface area contributed by atoms with Crippen molar-refractivity contribution in [2.45, 2.75) is 31.8 Å². The molecule has 3 heterocycles. The third-order valence-electron chi connectivity index (χ3n) is 6.40. The van der Waals surface area contributed by atoms with Gasteiger partial charge in [0.25, 0.3) is 5.91 Å². The number of aryl methyl sites for hydroxylation is 1. The van der Waals surface area contributed by atoms with Crippen LogP contribution in [0.5, 0.6) is 0 Å². The van der Waals surface area contributed by atoms with Crippen molar-refractivity contribution in [3.05, 3.63) is 65.7 Å². The van der Waals surface area contributed by atoms with Crippen LogP contribution in [-0.2, 0) is 9.59 Å². The Labute approximate surface area is 159 Å². The number of carbonyl (C=O) groups excluding carboxylic acids is 2. The highest BCUT2D eigenvalue weighted by Crippen LogP contribution is 2.54. The summed E-state index contributed by atoms with van der Waals surface area (Å²) in [5, 5.41) is 4.41. The number of hydrogen-bond donors (Lipinski definition) is 0. The molecule has 0 unspecified atom stereocenters. The van der Waals surface area contributed by atoms with E-state index in [0.717, 1.165) is 30.6 Å². The third kappa shape index (κ3) is 2.12. The van der Waals surface area contributed by atoms with Crippen LogP contribution in [0, 0.1) is 12.8 Å². The van der Waals surface area contributed by atoms with E-state index in [2.05, 4.69) is 22.2 Å². The molecule has 5 nitrogen and oxygen atoms in total. The average Bonchev–Trinajstić information content (AvgIpc) is 3.30. The number of rotatable bonds is 2. The Bertz CT molecular complexity index is 911. The summed E-state index contributed by atoms with van der Waals surface area (Å²) in [6.07, 6.45) is 1.01. The van der Waals surface area contributed by atoms with Crippen molar-refractivity contribution in [1.29, 1.82) is 0 Å². The first-order chi connectivity index (χ1) is 13.0. The second-order valence-electron chi connectivity index (χ2n) is 7.93. The average molecular weight is 361 g/mol. The zero-order chi connectivity index (χ0) is 18.8. The van der Waals surface area contributed by atoms with E-state index in [1.54, 1.807) is 0 Å². The van der Waals surface area contributed by atoms with Gasteiger partial charge in [-0.3, -0.25) is 9.59 Å². The number of benzene rings is 2. The van der Waals surface area contributed by atoms with Crippen molar-refractivity contribution < 1.29 is 9.59 Å². The lowest BCUT2D eigenvalue weighted by Crippen LogP contribution is -2.52. The molecule has 0 radical (unpaired) electrons. The Morgan fingerprint density at radius 3 is 2.37 bits per heavy atom. The van der Waals surface area contributed by atoms with Crippen molar-refractivity contribution in [1.82, 2.24) is 10.0 Å². The quantitative estimate of drug-likeness (QED) is 0.772. The molecular weight excluding hydrogens is 338 g/mol. The molecule has 5 heteroatoms. The highest BCUT2D eigenvalue weighted by molar-refractivity contribution is 6.25. The molecule has 3 atom stereocenters. The van der Waals surface area contributed by atoms with E-state index >= 15 is 0 Å². The van der Waals surface area contributed by atoms with Crippen LogP contribution in [-0.4, -0.2) is 40.5 Å². The standard InChI is InChI=1S/C22H23N3O2/c1-15-9-11-17(12-10-15)25-20(26)18-19(16-7-4-3-5-8-16)23-13-6-14-24(23)22(18,2)21(25)27/h3-5,7-12,18-19H,6,13-14H2,1-2H3/t18-,19+,22+/m0/s1.